The first-order chi connectivity index (χ1) is 9.76. The van der Waals surface area contributed by atoms with Gasteiger partial charge in [0.25, 0.3) is 0 Å². The van der Waals surface area contributed by atoms with Gasteiger partial charge in [-0.2, -0.15) is 0 Å². The summed E-state index contributed by atoms with van der Waals surface area (Å²) < 4.78 is 54.5. The van der Waals surface area contributed by atoms with E-state index in [1.165, 1.54) is 18.2 Å². The van der Waals surface area contributed by atoms with E-state index in [-0.39, 0.29) is 23.7 Å². The molecule has 8 heteroatoms. The Bertz CT molecular complexity index is 634. The largest absolute Gasteiger partial charge is 0.573 e. The maximum Gasteiger partial charge on any atom is 0.573 e. The molecule has 0 aromatic heterocycles. The summed E-state index contributed by atoms with van der Waals surface area (Å²) in [5, 5.41) is 0. The summed E-state index contributed by atoms with van der Waals surface area (Å²) in [7, 11) is 0. The normalized spacial score (nSPS) is 12.5. The van der Waals surface area contributed by atoms with Crippen LogP contribution in [0, 0.1) is 9.39 Å². The van der Waals surface area contributed by atoms with Gasteiger partial charge in [-0.1, -0.05) is 12.1 Å². The molecule has 0 amide bonds. The zero-order valence-electron chi connectivity index (χ0n) is 10.9. The molecule has 0 saturated heterocycles. The van der Waals surface area contributed by atoms with Crippen molar-refractivity contribution in [2.75, 3.05) is 0 Å². The molecule has 0 saturated carbocycles. The molecule has 2 aromatic carbocycles. The van der Waals surface area contributed by atoms with Crippen molar-refractivity contribution in [2.24, 2.45) is 5.73 Å². The van der Waals surface area contributed by atoms with Gasteiger partial charge < -0.3 is 10.5 Å². The van der Waals surface area contributed by atoms with Crippen LogP contribution in [-0.2, 0) is 0 Å². The Morgan fingerprint density at radius 2 is 1.64 bits per heavy atom. The number of benzene rings is 2. The second-order valence-corrected chi connectivity index (χ2v) is 5.51. The number of hydrogen-bond acceptors (Lipinski definition) is 2. The van der Waals surface area contributed by atoms with Gasteiger partial charge in [-0.15, -0.1) is 25.6 Å². The summed E-state index contributed by atoms with van der Waals surface area (Å²) in [6.07, 6.45) is -4.74. The summed E-state index contributed by atoms with van der Waals surface area (Å²) in [6, 6.07) is 8.80. The molecule has 1 atom stereocenters. The van der Waals surface area contributed by atoms with E-state index < -0.39 is 18.2 Å². The van der Waals surface area contributed by atoms with E-state index in [4.69, 9.17) is 5.73 Å². The van der Waals surface area contributed by atoms with Crippen LogP contribution in [-0.4, -0.2) is 6.36 Å². The quantitative estimate of drug-likeness (QED) is 0.542. The molecule has 0 aliphatic rings. The van der Waals surface area contributed by atoms with Crippen molar-refractivity contribution in [3.05, 3.63) is 63.0 Å². The maximum atomic E-state index is 13.8. The van der Waals surface area contributed by atoms with Gasteiger partial charge in [0.2, 0.25) is 0 Å². The van der Waals surface area contributed by atoms with Crippen molar-refractivity contribution in [3.8, 4) is 5.75 Å². The summed E-state index contributed by atoms with van der Waals surface area (Å²) in [5.41, 5.74) is 6.73. The Morgan fingerprint density at radius 3 is 2.18 bits per heavy atom. The second-order valence-electron chi connectivity index (χ2n) is 4.26. The zero-order valence-corrected chi connectivity index (χ0v) is 13.9. The Balaban J connectivity index is 0.00000242. The van der Waals surface area contributed by atoms with Crippen LogP contribution in [0.5, 0.6) is 5.75 Å². The van der Waals surface area contributed by atoms with Crippen LogP contribution >= 0.6 is 35.0 Å². The number of alkyl halides is 3. The van der Waals surface area contributed by atoms with Gasteiger partial charge in [0, 0.05) is 9.13 Å². The molecule has 0 spiro atoms. The average Bonchev–Trinajstić information content (AvgIpc) is 2.40. The van der Waals surface area contributed by atoms with Crippen molar-refractivity contribution in [1.29, 1.82) is 0 Å². The van der Waals surface area contributed by atoms with Gasteiger partial charge in [-0.3, -0.25) is 0 Å². The zero-order chi connectivity index (χ0) is 15.6. The molecular weight excluding hydrogens is 437 g/mol. The van der Waals surface area contributed by atoms with Crippen LogP contribution in [0.3, 0.4) is 0 Å². The third kappa shape index (κ3) is 4.99. The molecule has 120 valence electrons. The molecule has 2 N–H and O–H groups in total. The van der Waals surface area contributed by atoms with Crippen molar-refractivity contribution >= 4 is 35.0 Å². The first kappa shape index (κ1) is 19.0. The highest BCUT2D eigenvalue weighted by molar-refractivity contribution is 14.1. The van der Waals surface area contributed by atoms with Gasteiger partial charge >= 0.3 is 6.36 Å². The summed E-state index contributed by atoms with van der Waals surface area (Å²) in [6.45, 7) is 0. The summed E-state index contributed by atoms with van der Waals surface area (Å²) in [4.78, 5) is 0. The number of ether oxygens (including phenoxy) is 1. The lowest BCUT2D eigenvalue weighted by atomic mass is 9.99. The van der Waals surface area contributed by atoms with Crippen molar-refractivity contribution in [1.82, 2.24) is 0 Å². The lowest BCUT2D eigenvalue weighted by Crippen LogP contribution is -2.17. The smallest absolute Gasteiger partial charge is 0.406 e. The molecular formula is C14H11ClF4INO. The predicted octanol–water partition coefficient (Wildman–Crippen LogP) is 4.80. The van der Waals surface area contributed by atoms with E-state index in [0.717, 1.165) is 15.7 Å². The molecule has 0 heterocycles. The highest BCUT2D eigenvalue weighted by Crippen LogP contribution is 2.27. The summed E-state index contributed by atoms with van der Waals surface area (Å²) in [5.74, 6) is -0.805. The van der Waals surface area contributed by atoms with Gasteiger partial charge in [-0.25, -0.2) is 4.39 Å². The molecule has 0 unspecified atom stereocenters. The van der Waals surface area contributed by atoms with Gasteiger partial charge in [0.1, 0.15) is 11.6 Å². The SMILES string of the molecule is Cl.N[C@H](c1ccc(OC(F)(F)F)cc1)c1cc(I)ccc1F. The van der Waals surface area contributed by atoms with Crippen molar-refractivity contribution < 1.29 is 22.3 Å². The van der Waals surface area contributed by atoms with Crippen molar-refractivity contribution in [2.45, 2.75) is 12.4 Å². The van der Waals surface area contributed by atoms with Gasteiger partial charge in [-0.05, 0) is 58.5 Å². The van der Waals surface area contributed by atoms with Crippen molar-refractivity contribution in [3.63, 3.8) is 0 Å². The van der Waals surface area contributed by atoms with Crippen LogP contribution < -0.4 is 10.5 Å². The molecule has 0 aliphatic heterocycles. The Morgan fingerprint density at radius 1 is 1.05 bits per heavy atom. The number of halogens is 6. The van der Waals surface area contributed by atoms with Gasteiger partial charge in [0.05, 0.1) is 6.04 Å². The lowest BCUT2D eigenvalue weighted by molar-refractivity contribution is -0.274. The molecule has 0 bridgehead atoms. The summed E-state index contributed by atoms with van der Waals surface area (Å²) >= 11 is 2.03. The first-order valence-electron chi connectivity index (χ1n) is 5.82. The maximum absolute atomic E-state index is 13.8. The molecule has 2 nitrogen and oxygen atoms in total. The Hall–Kier alpha value is -1.06. The number of rotatable bonds is 3. The standard InChI is InChI=1S/C14H10F4INO.ClH/c15-12-6-3-9(19)7-11(12)13(20)8-1-4-10(5-2-8)21-14(16,17)18;/h1-7,13H,20H2;1H/t13-;/m1./s1. The van der Waals surface area contributed by atoms with Gasteiger partial charge in [0.15, 0.2) is 0 Å². The minimum atomic E-state index is -4.74. The molecule has 2 rings (SSSR count). The third-order valence-corrected chi connectivity index (χ3v) is 3.44. The number of nitrogens with two attached hydrogens (primary N) is 1. The average molecular weight is 448 g/mol. The fourth-order valence-electron chi connectivity index (χ4n) is 1.81. The fourth-order valence-corrected chi connectivity index (χ4v) is 2.32. The number of hydrogen-bond donors (Lipinski definition) is 1. The van der Waals surface area contributed by atoms with Crippen LogP contribution in [0.15, 0.2) is 42.5 Å². The Kier molecular flexibility index (Phi) is 6.45. The van der Waals surface area contributed by atoms with E-state index in [1.54, 1.807) is 12.1 Å². The Labute approximate surface area is 144 Å². The van der Waals surface area contributed by atoms with E-state index in [0.29, 0.717) is 5.56 Å². The molecule has 0 aliphatic carbocycles. The van der Waals surface area contributed by atoms with E-state index in [1.807, 2.05) is 22.6 Å². The van der Waals surface area contributed by atoms with Crippen LogP contribution in [0.4, 0.5) is 17.6 Å². The van der Waals surface area contributed by atoms with Crippen LogP contribution in [0.1, 0.15) is 17.2 Å². The molecule has 0 radical (unpaired) electrons. The molecule has 0 fully saturated rings. The highest BCUT2D eigenvalue weighted by Gasteiger charge is 2.31. The third-order valence-electron chi connectivity index (χ3n) is 2.77. The molecule has 22 heavy (non-hydrogen) atoms. The minimum absolute atomic E-state index is 0. The second kappa shape index (κ2) is 7.47. The topological polar surface area (TPSA) is 35.2 Å². The van der Waals surface area contributed by atoms with Crippen LogP contribution in [0.2, 0.25) is 0 Å². The minimum Gasteiger partial charge on any atom is -0.406 e. The van der Waals surface area contributed by atoms with E-state index in [9.17, 15) is 17.6 Å². The lowest BCUT2D eigenvalue weighted by Gasteiger charge is -2.15. The fraction of sp³-hybridized carbons (Fsp3) is 0.143. The monoisotopic (exact) mass is 447 g/mol. The highest BCUT2D eigenvalue weighted by atomic mass is 127. The first-order valence-corrected chi connectivity index (χ1v) is 6.90. The molecule has 2 aromatic rings. The van der Waals surface area contributed by atoms with Crippen LogP contribution in [0.25, 0.3) is 0 Å². The van der Waals surface area contributed by atoms with E-state index >= 15 is 0 Å². The van der Waals surface area contributed by atoms with E-state index in [2.05, 4.69) is 4.74 Å². The predicted molar refractivity (Wildman–Crippen MR) is 85.5 cm³/mol.